The number of hydrogen-bond acceptors (Lipinski definition) is 7. The van der Waals surface area contributed by atoms with Crippen LogP contribution in [0.5, 0.6) is 17.2 Å². The number of aromatic amines is 1. The molecule has 0 radical (unpaired) electrons. The monoisotopic (exact) mass is 656 g/mol. The van der Waals surface area contributed by atoms with Gasteiger partial charge in [-0.05, 0) is 84.3 Å². The number of imidazole rings is 1. The zero-order valence-corrected chi connectivity index (χ0v) is 26.2. The normalized spacial score (nSPS) is 11.3. The van der Waals surface area contributed by atoms with Crippen LogP contribution in [-0.2, 0) is 6.61 Å². The van der Waals surface area contributed by atoms with Crippen molar-refractivity contribution in [2.24, 2.45) is 0 Å². The van der Waals surface area contributed by atoms with Gasteiger partial charge in [0.25, 0.3) is 0 Å². The molecule has 0 unspecified atom stereocenters. The topological polar surface area (TPSA) is 97.8 Å². The van der Waals surface area contributed by atoms with Crippen molar-refractivity contribution in [2.75, 3.05) is 5.32 Å². The van der Waals surface area contributed by atoms with Crippen molar-refractivity contribution in [3.05, 3.63) is 125 Å². The zero-order chi connectivity index (χ0) is 30.8. The molecule has 7 aromatic rings. The second-order valence-electron chi connectivity index (χ2n) is 10.9. The number of nitrogens with zero attached hydrogens (tertiary/aromatic N) is 4. The minimum Gasteiger partial charge on any atom is -0.489 e. The van der Waals surface area contributed by atoms with Crippen LogP contribution in [0.2, 0.25) is 0 Å². The van der Waals surface area contributed by atoms with Crippen LogP contribution in [0.25, 0.3) is 33.5 Å². The highest BCUT2D eigenvalue weighted by molar-refractivity contribution is 9.10. The molecule has 2 N–H and O–H groups in total. The second-order valence-corrected chi connectivity index (χ2v) is 11.8. The number of aromatic nitrogens is 5. The van der Waals surface area contributed by atoms with Gasteiger partial charge < -0.3 is 19.8 Å². The summed E-state index contributed by atoms with van der Waals surface area (Å²) in [5.74, 6) is 3.71. The van der Waals surface area contributed by atoms with E-state index in [2.05, 4.69) is 50.0 Å². The number of ether oxygens (including phenoxy) is 2. The summed E-state index contributed by atoms with van der Waals surface area (Å²) in [6, 6.07) is 33.6. The number of halogens is 1. The molecule has 9 heteroatoms. The fourth-order valence-corrected chi connectivity index (χ4v) is 5.32. The summed E-state index contributed by atoms with van der Waals surface area (Å²) in [5, 5.41) is 4.31. The van der Waals surface area contributed by atoms with Crippen molar-refractivity contribution >= 4 is 49.5 Å². The molecule has 0 aliphatic heterocycles. The Balaban J connectivity index is 1.21. The summed E-state index contributed by atoms with van der Waals surface area (Å²) >= 11 is 3.54. The smallest absolute Gasteiger partial charge is 0.164 e. The number of fused-ring (bicyclic) bond motifs is 2. The fraction of sp³-hybridized carbons (Fsp3) is 0.111. The SMILES string of the molecule is CC(C)c1ccc2c(Nc3cc(-c4nc5ccc(Br)cc5[nH]4)ccc3Oc3ccc(OCc4ccccc4)cc3)ncnc2n1. The van der Waals surface area contributed by atoms with Gasteiger partial charge in [-0.15, -0.1) is 0 Å². The highest BCUT2D eigenvalue weighted by Gasteiger charge is 2.15. The summed E-state index contributed by atoms with van der Waals surface area (Å²) in [5.41, 5.74) is 6.15. The van der Waals surface area contributed by atoms with E-state index in [0.717, 1.165) is 49.3 Å². The van der Waals surface area contributed by atoms with Crippen LogP contribution >= 0.6 is 15.9 Å². The van der Waals surface area contributed by atoms with Crippen molar-refractivity contribution < 1.29 is 9.47 Å². The molecule has 4 aromatic carbocycles. The van der Waals surface area contributed by atoms with Gasteiger partial charge >= 0.3 is 0 Å². The number of rotatable bonds is 9. The quantitative estimate of drug-likeness (QED) is 0.160. The number of nitrogens with one attached hydrogen (secondary N) is 2. The van der Waals surface area contributed by atoms with Crippen molar-refractivity contribution in [1.82, 2.24) is 24.9 Å². The number of H-pyrrole nitrogens is 1. The van der Waals surface area contributed by atoms with Gasteiger partial charge in [0.05, 0.1) is 22.1 Å². The van der Waals surface area contributed by atoms with Gasteiger partial charge in [0, 0.05) is 15.7 Å². The Morgan fingerprint density at radius 1 is 0.822 bits per heavy atom. The number of hydrogen-bond donors (Lipinski definition) is 2. The minimum atomic E-state index is 0.289. The Morgan fingerprint density at radius 3 is 2.47 bits per heavy atom. The number of pyridine rings is 1. The van der Waals surface area contributed by atoms with E-state index >= 15 is 0 Å². The Bertz CT molecular complexity index is 2110. The predicted molar refractivity (Wildman–Crippen MR) is 181 cm³/mol. The van der Waals surface area contributed by atoms with Gasteiger partial charge in [0.1, 0.15) is 36.1 Å². The minimum absolute atomic E-state index is 0.289. The standard InChI is InChI=1S/C36H29BrN6O2/c1-22(2)29-16-14-28-35(40-29)38-21-39-36(28)43-32-18-24(34-41-30-15-9-25(37)19-31(30)42-34)8-17-33(32)45-27-12-10-26(11-13-27)44-20-23-6-4-3-5-7-23/h3-19,21-22H,20H2,1-2H3,(H,41,42)(H,38,39,40,43). The average Bonchev–Trinajstić information content (AvgIpc) is 3.49. The Labute approximate surface area is 268 Å². The Kier molecular flexibility index (Phi) is 7.83. The first-order valence-electron chi connectivity index (χ1n) is 14.6. The van der Waals surface area contributed by atoms with Gasteiger partial charge in [-0.25, -0.2) is 19.9 Å². The summed E-state index contributed by atoms with van der Waals surface area (Å²) in [4.78, 5) is 22.0. The van der Waals surface area contributed by atoms with E-state index in [4.69, 9.17) is 19.4 Å². The van der Waals surface area contributed by atoms with Crippen molar-refractivity contribution in [3.8, 4) is 28.6 Å². The third-order valence-electron chi connectivity index (χ3n) is 7.36. The zero-order valence-electron chi connectivity index (χ0n) is 24.7. The van der Waals surface area contributed by atoms with E-state index in [1.54, 1.807) is 0 Å². The summed E-state index contributed by atoms with van der Waals surface area (Å²) in [7, 11) is 0. The maximum absolute atomic E-state index is 6.41. The molecule has 0 bridgehead atoms. The van der Waals surface area contributed by atoms with Crippen molar-refractivity contribution in [1.29, 1.82) is 0 Å². The third kappa shape index (κ3) is 6.34. The van der Waals surface area contributed by atoms with E-state index in [1.165, 1.54) is 6.33 Å². The summed E-state index contributed by atoms with van der Waals surface area (Å²) < 4.78 is 13.4. The third-order valence-corrected chi connectivity index (χ3v) is 7.85. The van der Waals surface area contributed by atoms with Crippen LogP contribution < -0.4 is 14.8 Å². The Hall–Kier alpha value is -5.28. The molecule has 45 heavy (non-hydrogen) atoms. The molecule has 0 aliphatic rings. The molecule has 0 aliphatic carbocycles. The van der Waals surface area contributed by atoms with Crippen LogP contribution in [0.15, 0.2) is 114 Å². The van der Waals surface area contributed by atoms with E-state index in [-0.39, 0.29) is 5.92 Å². The van der Waals surface area contributed by atoms with E-state index in [9.17, 15) is 0 Å². The molecule has 3 heterocycles. The molecule has 0 saturated heterocycles. The largest absolute Gasteiger partial charge is 0.489 e. The van der Waals surface area contributed by atoms with Gasteiger partial charge in [0.15, 0.2) is 11.4 Å². The second kappa shape index (κ2) is 12.4. The molecule has 0 fully saturated rings. The first-order chi connectivity index (χ1) is 22.0. The van der Waals surface area contributed by atoms with E-state index in [0.29, 0.717) is 35.3 Å². The lowest BCUT2D eigenvalue weighted by molar-refractivity contribution is 0.306. The van der Waals surface area contributed by atoms with E-state index < -0.39 is 0 Å². The average molecular weight is 658 g/mol. The molecule has 3 aromatic heterocycles. The molecule has 0 amide bonds. The van der Waals surface area contributed by atoms with Crippen LogP contribution in [0, 0.1) is 0 Å². The summed E-state index contributed by atoms with van der Waals surface area (Å²) in [6.07, 6.45) is 1.53. The van der Waals surface area contributed by atoms with Crippen molar-refractivity contribution in [3.63, 3.8) is 0 Å². The summed E-state index contributed by atoms with van der Waals surface area (Å²) in [6.45, 7) is 4.72. The van der Waals surface area contributed by atoms with Crippen LogP contribution in [0.3, 0.4) is 0 Å². The highest BCUT2D eigenvalue weighted by Crippen LogP contribution is 2.37. The van der Waals surface area contributed by atoms with Crippen LogP contribution in [0.1, 0.15) is 31.0 Å². The van der Waals surface area contributed by atoms with Crippen LogP contribution in [0.4, 0.5) is 11.5 Å². The maximum atomic E-state index is 6.41. The fourth-order valence-electron chi connectivity index (χ4n) is 4.96. The van der Waals surface area contributed by atoms with E-state index in [1.807, 2.05) is 103 Å². The first kappa shape index (κ1) is 28.5. The highest BCUT2D eigenvalue weighted by atomic mass is 79.9. The molecule has 0 atom stereocenters. The molecular weight excluding hydrogens is 628 g/mol. The number of anilines is 2. The molecular formula is C36H29BrN6O2. The molecule has 7 rings (SSSR count). The van der Waals surface area contributed by atoms with Gasteiger partial charge in [0.2, 0.25) is 0 Å². The lowest BCUT2D eigenvalue weighted by Gasteiger charge is -2.15. The predicted octanol–water partition coefficient (Wildman–Crippen LogP) is 9.57. The van der Waals surface area contributed by atoms with Crippen molar-refractivity contribution in [2.45, 2.75) is 26.4 Å². The maximum Gasteiger partial charge on any atom is 0.164 e. The lowest BCUT2D eigenvalue weighted by Crippen LogP contribution is -2.01. The van der Waals surface area contributed by atoms with Crippen LogP contribution in [-0.4, -0.2) is 24.9 Å². The number of benzene rings is 4. The molecule has 0 spiro atoms. The molecule has 222 valence electrons. The first-order valence-corrected chi connectivity index (χ1v) is 15.4. The lowest BCUT2D eigenvalue weighted by atomic mass is 10.1. The Morgan fingerprint density at radius 2 is 1.64 bits per heavy atom. The van der Waals surface area contributed by atoms with Gasteiger partial charge in [-0.2, -0.15) is 0 Å². The van der Waals surface area contributed by atoms with Gasteiger partial charge in [-0.3, -0.25) is 0 Å². The molecule has 8 nitrogen and oxygen atoms in total. The van der Waals surface area contributed by atoms with Gasteiger partial charge in [-0.1, -0.05) is 60.1 Å². The molecule has 0 saturated carbocycles.